The lowest BCUT2D eigenvalue weighted by atomic mass is 10.2. The van der Waals surface area contributed by atoms with Crippen molar-refractivity contribution < 1.29 is 9.53 Å². The number of alkyl halides is 1. The number of hydrogen-bond donors (Lipinski definition) is 0. The molecule has 0 atom stereocenters. The zero-order chi connectivity index (χ0) is 13.7. The van der Waals surface area contributed by atoms with E-state index >= 15 is 0 Å². The summed E-state index contributed by atoms with van der Waals surface area (Å²) in [5, 5.41) is 0.679. The van der Waals surface area contributed by atoms with E-state index in [-0.39, 0.29) is 0 Å². The standard InChI is InChI=1S/C14H13BrN2O2/c1-2-19-14(18)13-8-4-7-12(17-13)11-6-3-5-10(9-15)16-11/h3-8H,2,9H2,1H3. The third kappa shape index (κ3) is 3.38. The topological polar surface area (TPSA) is 52.1 Å². The quantitative estimate of drug-likeness (QED) is 0.641. The molecule has 0 aromatic carbocycles. The Morgan fingerprint density at radius 1 is 1.16 bits per heavy atom. The molecule has 2 aromatic rings. The smallest absolute Gasteiger partial charge is 0.356 e. The molecule has 0 saturated heterocycles. The van der Waals surface area contributed by atoms with Crippen LogP contribution in [0.2, 0.25) is 0 Å². The average Bonchev–Trinajstić information content (AvgIpc) is 2.48. The Morgan fingerprint density at radius 2 is 1.84 bits per heavy atom. The fraction of sp³-hybridized carbons (Fsp3) is 0.214. The van der Waals surface area contributed by atoms with Gasteiger partial charge in [0.15, 0.2) is 0 Å². The largest absolute Gasteiger partial charge is 0.461 e. The third-order valence-electron chi connectivity index (χ3n) is 2.44. The molecular formula is C14H13BrN2O2. The number of carbonyl (C=O) groups excluding carboxylic acids is 1. The summed E-state index contributed by atoms with van der Waals surface area (Å²) in [6.07, 6.45) is 0. The number of esters is 1. The first-order chi connectivity index (χ1) is 9.24. The summed E-state index contributed by atoms with van der Waals surface area (Å²) in [5.74, 6) is -0.416. The van der Waals surface area contributed by atoms with Crippen molar-refractivity contribution >= 4 is 21.9 Å². The van der Waals surface area contributed by atoms with Crippen LogP contribution < -0.4 is 0 Å². The van der Waals surface area contributed by atoms with Crippen LogP contribution in [0.5, 0.6) is 0 Å². The molecule has 0 aliphatic carbocycles. The molecule has 0 radical (unpaired) electrons. The maximum Gasteiger partial charge on any atom is 0.356 e. The van der Waals surface area contributed by atoms with Gasteiger partial charge in [0.05, 0.1) is 23.7 Å². The number of ether oxygens (including phenoxy) is 1. The van der Waals surface area contributed by atoms with Gasteiger partial charge in [0.2, 0.25) is 0 Å². The van der Waals surface area contributed by atoms with Crippen LogP contribution in [-0.2, 0) is 10.1 Å². The number of rotatable bonds is 4. The molecule has 5 heteroatoms. The lowest BCUT2D eigenvalue weighted by Crippen LogP contribution is -2.07. The van der Waals surface area contributed by atoms with Crippen molar-refractivity contribution in [3.8, 4) is 11.4 Å². The summed E-state index contributed by atoms with van der Waals surface area (Å²) in [5.41, 5.74) is 2.61. The first-order valence-corrected chi connectivity index (χ1v) is 7.03. The molecule has 0 spiro atoms. The van der Waals surface area contributed by atoms with E-state index in [0.717, 1.165) is 11.4 Å². The van der Waals surface area contributed by atoms with Crippen molar-refractivity contribution in [2.45, 2.75) is 12.3 Å². The predicted molar refractivity (Wildman–Crippen MR) is 76.1 cm³/mol. The van der Waals surface area contributed by atoms with Gasteiger partial charge >= 0.3 is 5.97 Å². The lowest BCUT2D eigenvalue weighted by molar-refractivity contribution is 0.0519. The number of nitrogens with zero attached hydrogens (tertiary/aromatic N) is 2. The van der Waals surface area contributed by atoms with E-state index in [4.69, 9.17) is 4.74 Å². The molecule has 0 fully saturated rings. The number of hydrogen-bond acceptors (Lipinski definition) is 4. The van der Waals surface area contributed by atoms with E-state index in [1.165, 1.54) is 0 Å². The highest BCUT2D eigenvalue weighted by Crippen LogP contribution is 2.16. The van der Waals surface area contributed by atoms with Gasteiger partial charge in [-0.25, -0.2) is 9.78 Å². The molecule has 2 aromatic heterocycles. The van der Waals surface area contributed by atoms with Gasteiger partial charge in [-0.15, -0.1) is 0 Å². The highest BCUT2D eigenvalue weighted by Gasteiger charge is 2.10. The number of aromatic nitrogens is 2. The van der Waals surface area contributed by atoms with Crippen LogP contribution in [0.15, 0.2) is 36.4 Å². The minimum Gasteiger partial charge on any atom is -0.461 e. The Hall–Kier alpha value is -1.75. The van der Waals surface area contributed by atoms with Crippen molar-refractivity contribution in [3.63, 3.8) is 0 Å². The molecule has 4 nitrogen and oxygen atoms in total. The second-order valence-electron chi connectivity index (χ2n) is 3.78. The molecule has 0 amide bonds. The summed E-state index contributed by atoms with van der Waals surface area (Å²) < 4.78 is 4.93. The Morgan fingerprint density at radius 3 is 2.53 bits per heavy atom. The van der Waals surface area contributed by atoms with E-state index in [1.807, 2.05) is 24.3 Å². The molecule has 0 bridgehead atoms. The van der Waals surface area contributed by atoms with Gasteiger partial charge in [-0.2, -0.15) is 0 Å². The first kappa shape index (κ1) is 13.7. The molecule has 2 heterocycles. The highest BCUT2D eigenvalue weighted by molar-refractivity contribution is 9.08. The summed E-state index contributed by atoms with van der Waals surface area (Å²) in [6.45, 7) is 2.10. The van der Waals surface area contributed by atoms with Crippen molar-refractivity contribution in [3.05, 3.63) is 47.8 Å². The SMILES string of the molecule is CCOC(=O)c1cccc(-c2cccc(CBr)n2)n1. The van der Waals surface area contributed by atoms with Gasteiger partial charge < -0.3 is 4.74 Å². The Balaban J connectivity index is 2.34. The Bertz CT molecular complexity index is 587. The minimum atomic E-state index is -0.416. The van der Waals surface area contributed by atoms with Crippen molar-refractivity contribution in [2.24, 2.45) is 0 Å². The monoisotopic (exact) mass is 320 g/mol. The number of pyridine rings is 2. The average molecular weight is 321 g/mol. The van der Waals surface area contributed by atoms with E-state index in [9.17, 15) is 4.79 Å². The predicted octanol–water partition coefficient (Wildman–Crippen LogP) is 3.22. The summed E-state index contributed by atoms with van der Waals surface area (Å²) in [4.78, 5) is 20.4. The lowest BCUT2D eigenvalue weighted by Gasteiger charge is -2.05. The van der Waals surface area contributed by atoms with Crippen molar-refractivity contribution in [2.75, 3.05) is 6.61 Å². The van der Waals surface area contributed by atoms with E-state index < -0.39 is 5.97 Å². The van der Waals surface area contributed by atoms with Gasteiger partial charge in [0.1, 0.15) is 5.69 Å². The Labute approximate surface area is 120 Å². The van der Waals surface area contributed by atoms with Crippen LogP contribution in [-0.4, -0.2) is 22.5 Å². The second kappa shape index (κ2) is 6.43. The minimum absolute atomic E-state index is 0.297. The van der Waals surface area contributed by atoms with Crippen LogP contribution in [0.4, 0.5) is 0 Å². The van der Waals surface area contributed by atoms with E-state index in [1.54, 1.807) is 19.1 Å². The van der Waals surface area contributed by atoms with E-state index in [0.29, 0.717) is 23.3 Å². The highest BCUT2D eigenvalue weighted by atomic mass is 79.9. The van der Waals surface area contributed by atoms with Crippen LogP contribution in [0.3, 0.4) is 0 Å². The molecular weight excluding hydrogens is 308 g/mol. The van der Waals surface area contributed by atoms with E-state index in [2.05, 4.69) is 25.9 Å². The molecule has 0 aliphatic rings. The fourth-order valence-corrected chi connectivity index (χ4v) is 1.91. The van der Waals surface area contributed by atoms with Crippen LogP contribution in [0.1, 0.15) is 23.1 Å². The maximum atomic E-state index is 11.6. The van der Waals surface area contributed by atoms with Gasteiger partial charge in [-0.05, 0) is 31.2 Å². The van der Waals surface area contributed by atoms with Gasteiger partial charge in [0.25, 0.3) is 0 Å². The normalized spacial score (nSPS) is 10.2. The third-order valence-corrected chi connectivity index (χ3v) is 3.01. The van der Waals surface area contributed by atoms with Crippen LogP contribution in [0.25, 0.3) is 11.4 Å². The van der Waals surface area contributed by atoms with Crippen LogP contribution >= 0.6 is 15.9 Å². The maximum absolute atomic E-state index is 11.6. The summed E-state index contributed by atoms with van der Waals surface area (Å²) in [7, 11) is 0. The van der Waals surface area contributed by atoms with Crippen LogP contribution in [0, 0.1) is 0 Å². The number of halogens is 1. The summed E-state index contributed by atoms with van der Waals surface area (Å²) in [6, 6.07) is 10.9. The van der Waals surface area contributed by atoms with Gasteiger partial charge in [0, 0.05) is 5.33 Å². The molecule has 98 valence electrons. The Kier molecular flexibility index (Phi) is 4.63. The van der Waals surface area contributed by atoms with Gasteiger partial charge in [-0.3, -0.25) is 4.98 Å². The summed E-state index contributed by atoms with van der Waals surface area (Å²) >= 11 is 3.37. The number of carbonyl (C=O) groups is 1. The molecule has 0 unspecified atom stereocenters. The molecule has 19 heavy (non-hydrogen) atoms. The molecule has 0 N–H and O–H groups in total. The zero-order valence-corrected chi connectivity index (χ0v) is 12.1. The molecule has 0 saturated carbocycles. The zero-order valence-electron chi connectivity index (χ0n) is 10.5. The van der Waals surface area contributed by atoms with Crippen molar-refractivity contribution in [1.29, 1.82) is 0 Å². The molecule has 2 rings (SSSR count). The van der Waals surface area contributed by atoms with Crippen molar-refractivity contribution in [1.82, 2.24) is 9.97 Å². The fourth-order valence-electron chi connectivity index (χ4n) is 1.59. The molecule has 0 aliphatic heterocycles. The second-order valence-corrected chi connectivity index (χ2v) is 4.34. The first-order valence-electron chi connectivity index (χ1n) is 5.91. The van der Waals surface area contributed by atoms with Gasteiger partial charge in [-0.1, -0.05) is 28.1 Å².